The van der Waals surface area contributed by atoms with Gasteiger partial charge in [-0.3, -0.25) is 14.9 Å². The van der Waals surface area contributed by atoms with Gasteiger partial charge in [-0.15, -0.1) is 0 Å². The zero-order chi connectivity index (χ0) is 12.8. The summed E-state index contributed by atoms with van der Waals surface area (Å²) < 4.78 is 5.00. The van der Waals surface area contributed by atoms with Crippen LogP contribution in [0.4, 0.5) is 5.69 Å². The highest BCUT2D eigenvalue weighted by Crippen LogP contribution is 2.25. The van der Waals surface area contributed by atoms with E-state index in [1.807, 2.05) is 13.8 Å². The van der Waals surface area contributed by atoms with E-state index >= 15 is 0 Å². The maximum absolute atomic E-state index is 11.3. The highest BCUT2D eigenvalue weighted by Gasteiger charge is 2.14. The van der Waals surface area contributed by atoms with Crippen molar-refractivity contribution in [3.05, 3.63) is 33.9 Å². The van der Waals surface area contributed by atoms with Gasteiger partial charge in [-0.1, -0.05) is 13.8 Å². The quantitative estimate of drug-likeness (QED) is 0.341. The SMILES string of the molecule is CCCC(=O)Oc1ccc(CC)c([N+](=O)[O-])c1. The number of esters is 1. The van der Waals surface area contributed by atoms with Crippen molar-refractivity contribution in [3.63, 3.8) is 0 Å². The molecule has 1 aromatic rings. The summed E-state index contributed by atoms with van der Waals surface area (Å²) >= 11 is 0. The van der Waals surface area contributed by atoms with E-state index in [4.69, 9.17) is 4.74 Å². The molecule has 5 nitrogen and oxygen atoms in total. The second-order valence-electron chi connectivity index (χ2n) is 3.63. The van der Waals surface area contributed by atoms with E-state index in [1.54, 1.807) is 12.1 Å². The van der Waals surface area contributed by atoms with E-state index in [2.05, 4.69) is 0 Å². The van der Waals surface area contributed by atoms with Crippen LogP contribution in [0.25, 0.3) is 0 Å². The van der Waals surface area contributed by atoms with Crippen molar-refractivity contribution < 1.29 is 14.5 Å². The first-order valence-corrected chi connectivity index (χ1v) is 5.56. The molecule has 0 aliphatic heterocycles. The Bertz CT molecular complexity index is 429. The predicted molar refractivity (Wildman–Crippen MR) is 63.0 cm³/mol. The van der Waals surface area contributed by atoms with Crippen molar-refractivity contribution >= 4 is 11.7 Å². The highest BCUT2D eigenvalue weighted by molar-refractivity contribution is 5.72. The van der Waals surface area contributed by atoms with Crippen LogP contribution in [0.5, 0.6) is 5.75 Å². The molecular formula is C12H15NO4. The van der Waals surface area contributed by atoms with Crippen molar-refractivity contribution in [1.82, 2.24) is 0 Å². The van der Waals surface area contributed by atoms with Crippen LogP contribution in [0, 0.1) is 10.1 Å². The van der Waals surface area contributed by atoms with Gasteiger partial charge in [-0.25, -0.2) is 0 Å². The Morgan fingerprint density at radius 2 is 2.12 bits per heavy atom. The molecule has 17 heavy (non-hydrogen) atoms. The Morgan fingerprint density at radius 3 is 2.65 bits per heavy atom. The molecule has 0 spiro atoms. The van der Waals surface area contributed by atoms with Gasteiger partial charge in [0.15, 0.2) is 0 Å². The summed E-state index contributed by atoms with van der Waals surface area (Å²) in [6.07, 6.45) is 1.57. The van der Waals surface area contributed by atoms with Crippen LogP contribution in [-0.4, -0.2) is 10.9 Å². The molecule has 0 N–H and O–H groups in total. The van der Waals surface area contributed by atoms with Gasteiger partial charge in [-0.2, -0.15) is 0 Å². The molecule has 0 aliphatic rings. The molecule has 0 bridgehead atoms. The van der Waals surface area contributed by atoms with Gasteiger partial charge < -0.3 is 4.74 Å². The van der Waals surface area contributed by atoms with E-state index in [1.165, 1.54) is 6.07 Å². The minimum atomic E-state index is -0.462. The normalized spacial score (nSPS) is 10.0. The van der Waals surface area contributed by atoms with E-state index < -0.39 is 4.92 Å². The molecule has 0 amide bonds. The summed E-state index contributed by atoms with van der Waals surface area (Å²) in [7, 11) is 0. The maximum Gasteiger partial charge on any atom is 0.311 e. The Balaban J connectivity index is 2.92. The van der Waals surface area contributed by atoms with Gasteiger partial charge >= 0.3 is 5.97 Å². The van der Waals surface area contributed by atoms with E-state index in [0.717, 1.165) is 0 Å². The van der Waals surface area contributed by atoms with Crippen LogP contribution in [0.15, 0.2) is 18.2 Å². The molecule has 1 aromatic carbocycles. The molecule has 92 valence electrons. The van der Waals surface area contributed by atoms with Crippen molar-refractivity contribution in [3.8, 4) is 5.75 Å². The van der Waals surface area contributed by atoms with Crippen LogP contribution in [-0.2, 0) is 11.2 Å². The first-order chi connectivity index (χ1) is 8.08. The number of carbonyl (C=O) groups excluding carboxylic acids is 1. The molecule has 0 heterocycles. The van der Waals surface area contributed by atoms with Crippen molar-refractivity contribution in [2.75, 3.05) is 0 Å². The summed E-state index contributed by atoms with van der Waals surface area (Å²) in [5.41, 5.74) is 0.625. The second-order valence-corrected chi connectivity index (χ2v) is 3.63. The standard InChI is InChI=1S/C12H15NO4/c1-3-5-12(14)17-10-7-6-9(4-2)11(8-10)13(15)16/h6-8H,3-5H2,1-2H3. The van der Waals surface area contributed by atoms with Gasteiger partial charge in [0.2, 0.25) is 0 Å². The number of benzene rings is 1. The Morgan fingerprint density at radius 1 is 1.41 bits per heavy atom. The Labute approximate surface area is 99.5 Å². The lowest BCUT2D eigenvalue weighted by molar-refractivity contribution is -0.385. The van der Waals surface area contributed by atoms with Crippen LogP contribution in [0.1, 0.15) is 32.3 Å². The minimum absolute atomic E-state index is 0.00528. The van der Waals surface area contributed by atoms with E-state index in [-0.39, 0.29) is 17.4 Å². The number of ether oxygens (including phenoxy) is 1. The number of rotatable bonds is 5. The van der Waals surface area contributed by atoms with Gasteiger partial charge in [-0.05, 0) is 25.0 Å². The van der Waals surface area contributed by atoms with Crippen molar-refractivity contribution in [1.29, 1.82) is 0 Å². The fraction of sp³-hybridized carbons (Fsp3) is 0.417. The van der Waals surface area contributed by atoms with E-state index in [0.29, 0.717) is 24.8 Å². The number of hydrogen-bond donors (Lipinski definition) is 0. The predicted octanol–water partition coefficient (Wildman–Crippen LogP) is 2.86. The lowest BCUT2D eigenvalue weighted by Gasteiger charge is -2.05. The molecule has 0 aromatic heterocycles. The molecule has 5 heteroatoms. The fourth-order valence-corrected chi connectivity index (χ4v) is 1.46. The van der Waals surface area contributed by atoms with Crippen molar-refractivity contribution in [2.24, 2.45) is 0 Å². The third-order valence-electron chi connectivity index (χ3n) is 2.32. The van der Waals surface area contributed by atoms with Crippen molar-refractivity contribution in [2.45, 2.75) is 33.1 Å². The summed E-state index contributed by atoms with van der Waals surface area (Å²) in [6, 6.07) is 4.50. The van der Waals surface area contributed by atoms with Gasteiger partial charge in [0.25, 0.3) is 5.69 Å². The molecule has 0 atom stereocenters. The van der Waals surface area contributed by atoms with E-state index in [9.17, 15) is 14.9 Å². The number of hydrogen-bond acceptors (Lipinski definition) is 4. The number of nitro groups is 1. The third-order valence-corrected chi connectivity index (χ3v) is 2.32. The minimum Gasteiger partial charge on any atom is -0.426 e. The molecule has 0 saturated carbocycles. The lowest BCUT2D eigenvalue weighted by Crippen LogP contribution is -2.07. The number of nitrogens with zero attached hydrogens (tertiary/aromatic N) is 1. The Kier molecular flexibility index (Phi) is 4.63. The molecular weight excluding hydrogens is 222 g/mol. The highest BCUT2D eigenvalue weighted by atomic mass is 16.6. The second kappa shape index (κ2) is 5.98. The largest absolute Gasteiger partial charge is 0.426 e. The van der Waals surface area contributed by atoms with Crippen LogP contribution in [0.3, 0.4) is 0 Å². The third kappa shape index (κ3) is 3.55. The van der Waals surface area contributed by atoms with Crippen LogP contribution in [0.2, 0.25) is 0 Å². The summed E-state index contributed by atoms with van der Waals surface area (Å²) in [6.45, 7) is 3.70. The summed E-state index contributed by atoms with van der Waals surface area (Å²) in [5.74, 6) is -0.140. The van der Waals surface area contributed by atoms with Crippen LogP contribution < -0.4 is 4.74 Å². The average molecular weight is 237 g/mol. The summed E-state index contributed by atoms with van der Waals surface area (Å²) in [4.78, 5) is 21.6. The first kappa shape index (κ1) is 13.2. The molecule has 0 aliphatic carbocycles. The van der Waals surface area contributed by atoms with Gasteiger partial charge in [0.05, 0.1) is 11.0 Å². The Hall–Kier alpha value is -1.91. The number of carbonyl (C=O) groups is 1. The lowest BCUT2D eigenvalue weighted by atomic mass is 10.1. The smallest absolute Gasteiger partial charge is 0.311 e. The molecule has 0 radical (unpaired) electrons. The zero-order valence-corrected chi connectivity index (χ0v) is 9.93. The maximum atomic E-state index is 11.3. The fourth-order valence-electron chi connectivity index (χ4n) is 1.46. The molecule has 0 fully saturated rings. The van der Waals surface area contributed by atoms with Gasteiger partial charge in [0, 0.05) is 12.0 Å². The molecule has 1 rings (SSSR count). The van der Waals surface area contributed by atoms with Crippen LogP contribution >= 0.6 is 0 Å². The topological polar surface area (TPSA) is 69.4 Å². The summed E-state index contributed by atoms with van der Waals surface area (Å²) in [5, 5.41) is 10.8. The average Bonchev–Trinajstić information content (AvgIpc) is 2.29. The molecule has 0 unspecified atom stereocenters. The molecule has 0 saturated heterocycles. The number of aryl methyl sites for hydroxylation is 1. The number of nitro benzene ring substituents is 1. The zero-order valence-electron chi connectivity index (χ0n) is 9.93. The first-order valence-electron chi connectivity index (χ1n) is 5.56. The monoisotopic (exact) mass is 237 g/mol. The van der Waals surface area contributed by atoms with Gasteiger partial charge in [0.1, 0.15) is 5.75 Å².